The van der Waals surface area contributed by atoms with Gasteiger partial charge in [0.1, 0.15) is 5.75 Å². The molecule has 0 amide bonds. The Bertz CT molecular complexity index is 380. The van der Waals surface area contributed by atoms with Crippen molar-refractivity contribution in [3.05, 3.63) is 28.3 Å². The van der Waals surface area contributed by atoms with Gasteiger partial charge in [0.15, 0.2) is 0 Å². The first-order valence-electron chi connectivity index (χ1n) is 6.35. The van der Waals surface area contributed by atoms with Crippen molar-refractivity contribution >= 4 is 11.6 Å². The normalized spacial score (nSPS) is 12.5. The highest BCUT2D eigenvalue weighted by Crippen LogP contribution is 2.31. The van der Waals surface area contributed by atoms with Crippen molar-refractivity contribution in [2.24, 2.45) is 5.73 Å². The number of hydrogen-bond donors (Lipinski definition) is 1. The lowest BCUT2D eigenvalue weighted by Crippen LogP contribution is -2.18. The molecule has 1 aromatic rings. The van der Waals surface area contributed by atoms with Crippen LogP contribution in [-0.2, 0) is 17.8 Å². The summed E-state index contributed by atoms with van der Waals surface area (Å²) in [5.74, 6) is 0.747. The number of benzene rings is 1. The van der Waals surface area contributed by atoms with E-state index in [-0.39, 0.29) is 6.04 Å². The SMILES string of the molecule is CCOCc1cc(Cl)c(OCC)c(CC(C)N)c1. The average molecular weight is 272 g/mol. The summed E-state index contributed by atoms with van der Waals surface area (Å²) in [6, 6.07) is 4.03. The molecule has 0 saturated carbocycles. The molecule has 1 unspecified atom stereocenters. The van der Waals surface area contributed by atoms with Gasteiger partial charge in [-0.25, -0.2) is 0 Å². The third kappa shape index (κ3) is 4.48. The second kappa shape index (κ2) is 7.62. The highest BCUT2D eigenvalue weighted by Gasteiger charge is 2.12. The van der Waals surface area contributed by atoms with Crippen LogP contribution in [0.5, 0.6) is 5.75 Å². The quantitative estimate of drug-likeness (QED) is 0.828. The monoisotopic (exact) mass is 271 g/mol. The van der Waals surface area contributed by atoms with Gasteiger partial charge in [0.05, 0.1) is 18.2 Å². The summed E-state index contributed by atoms with van der Waals surface area (Å²) in [5.41, 5.74) is 7.97. The van der Waals surface area contributed by atoms with Crippen LogP contribution >= 0.6 is 11.6 Å². The molecular weight excluding hydrogens is 250 g/mol. The van der Waals surface area contributed by atoms with E-state index in [0.717, 1.165) is 23.3 Å². The van der Waals surface area contributed by atoms with Crippen LogP contribution in [0.1, 0.15) is 31.9 Å². The zero-order chi connectivity index (χ0) is 13.5. The Labute approximate surface area is 114 Å². The molecule has 0 aromatic heterocycles. The predicted molar refractivity (Wildman–Crippen MR) is 75.3 cm³/mol. The summed E-state index contributed by atoms with van der Waals surface area (Å²) < 4.78 is 11.0. The van der Waals surface area contributed by atoms with Crippen molar-refractivity contribution in [1.29, 1.82) is 0 Å². The summed E-state index contributed by atoms with van der Waals surface area (Å²) in [6.45, 7) is 7.73. The molecule has 0 bridgehead atoms. The fraction of sp³-hybridized carbons (Fsp3) is 0.571. The van der Waals surface area contributed by atoms with Gasteiger partial charge in [0, 0.05) is 12.6 Å². The van der Waals surface area contributed by atoms with E-state index in [1.54, 1.807) is 0 Å². The molecule has 0 radical (unpaired) electrons. The van der Waals surface area contributed by atoms with E-state index in [1.807, 2.05) is 26.8 Å². The molecule has 1 rings (SSSR count). The molecule has 102 valence electrons. The van der Waals surface area contributed by atoms with E-state index in [0.29, 0.717) is 24.8 Å². The van der Waals surface area contributed by atoms with Crippen LogP contribution in [0.15, 0.2) is 12.1 Å². The first-order chi connectivity index (χ1) is 8.58. The van der Waals surface area contributed by atoms with Crippen molar-refractivity contribution < 1.29 is 9.47 Å². The molecule has 0 heterocycles. The van der Waals surface area contributed by atoms with E-state index in [4.69, 9.17) is 26.8 Å². The Morgan fingerprint density at radius 1 is 1.28 bits per heavy atom. The Balaban J connectivity index is 3.02. The van der Waals surface area contributed by atoms with Crippen LogP contribution in [0.3, 0.4) is 0 Å². The van der Waals surface area contributed by atoms with Gasteiger partial charge in [-0.1, -0.05) is 11.6 Å². The summed E-state index contributed by atoms with van der Waals surface area (Å²) in [5, 5.41) is 0.629. The molecule has 1 aromatic carbocycles. The van der Waals surface area contributed by atoms with E-state index in [1.165, 1.54) is 0 Å². The Morgan fingerprint density at radius 3 is 2.56 bits per heavy atom. The van der Waals surface area contributed by atoms with Crippen molar-refractivity contribution in [3.8, 4) is 5.75 Å². The molecule has 0 aliphatic carbocycles. The maximum absolute atomic E-state index is 6.25. The van der Waals surface area contributed by atoms with Gasteiger partial charge in [0.25, 0.3) is 0 Å². The van der Waals surface area contributed by atoms with Crippen LogP contribution < -0.4 is 10.5 Å². The van der Waals surface area contributed by atoms with Gasteiger partial charge in [0.2, 0.25) is 0 Å². The van der Waals surface area contributed by atoms with Gasteiger partial charge < -0.3 is 15.2 Å². The first-order valence-corrected chi connectivity index (χ1v) is 6.73. The molecule has 2 N–H and O–H groups in total. The molecule has 0 saturated heterocycles. The lowest BCUT2D eigenvalue weighted by atomic mass is 10.0. The van der Waals surface area contributed by atoms with Crippen LogP contribution in [0.4, 0.5) is 0 Å². The van der Waals surface area contributed by atoms with E-state index < -0.39 is 0 Å². The van der Waals surface area contributed by atoms with Crippen LogP contribution in [0.25, 0.3) is 0 Å². The number of ether oxygens (including phenoxy) is 2. The minimum absolute atomic E-state index is 0.0719. The first kappa shape index (κ1) is 15.3. The number of nitrogens with two attached hydrogens (primary N) is 1. The smallest absolute Gasteiger partial charge is 0.141 e. The minimum atomic E-state index is 0.0719. The number of halogens is 1. The molecule has 1 atom stereocenters. The minimum Gasteiger partial charge on any atom is -0.492 e. The molecular formula is C14H22ClNO2. The van der Waals surface area contributed by atoms with Gasteiger partial charge in [-0.2, -0.15) is 0 Å². The Morgan fingerprint density at radius 2 is 2.00 bits per heavy atom. The fourth-order valence-electron chi connectivity index (χ4n) is 1.82. The molecule has 4 heteroatoms. The van der Waals surface area contributed by atoms with Gasteiger partial charge in [-0.3, -0.25) is 0 Å². The largest absolute Gasteiger partial charge is 0.492 e. The summed E-state index contributed by atoms with van der Waals surface area (Å²) >= 11 is 6.25. The average Bonchev–Trinajstić information content (AvgIpc) is 2.30. The predicted octanol–water partition coefficient (Wildman–Crippen LogP) is 3.16. The van der Waals surface area contributed by atoms with Gasteiger partial charge in [-0.05, 0) is 50.5 Å². The Kier molecular flexibility index (Phi) is 6.47. The summed E-state index contributed by atoms with van der Waals surface area (Å²) in [6.07, 6.45) is 0.745. The van der Waals surface area contributed by atoms with Gasteiger partial charge >= 0.3 is 0 Å². The standard InChI is InChI=1S/C14H22ClNO2/c1-4-17-9-11-7-12(6-10(3)16)14(18-5-2)13(15)8-11/h7-8,10H,4-6,9,16H2,1-3H3. The van der Waals surface area contributed by atoms with Crippen molar-refractivity contribution in [2.75, 3.05) is 13.2 Å². The van der Waals surface area contributed by atoms with Crippen LogP contribution in [-0.4, -0.2) is 19.3 Å². The number of hydrogen-bond acceptors (Lipinski definition) is 3. The lowest BCUT2D eigenvalue weighted by molar-refractivity contribution is 0.134. The van der Waals surface area contributed by atoms with E-state index >= 15 is 0 Å². The fourth-order valence-corrected chi connectivity index (χ4v) is 2.14. The summed E-state index contributed by atoms with van der Waals surface area (Å²) in [7, 11) is 0. The molecule has 3 nitrogen and oxygen atoms in total. The topological polar surface area (TPSA) is 44.5 Å². The second-order valence-corrected chi connectivity index (χ2v) is 4.72. The van der Waals surface area contributed by atoms with Crippen LogP contribution in [0, 0.1) is 0 Å². The third-order valence-electron chi connectivity index (χ3n) is 2.48. The van der Waals surface area contributed by atoms with E-state index in [9.17, 15) is 0 Å². The van der Waals surface area contributed by atoms with Crippen LogP contribution in [0.2, 0.25) is 5.02 Å². The molecule has 0 aliphatic heterocycles. The third-order valence-corrected chi connectivity index (χ3v) is 2.76. The maximum atomic E-state index is 6.25. The zero-order valence-electron chi connectivity index (χ0n) is 11.3. The highest BCUT2D eigenvalue weighted by atomic mass is 35.5. The van der Waals surface area contributed by atoms with Crippen molar-refractivity contribution in [2.45, 2.75) is 39.8 Å². The van der Waals surface area contributed by atoms with E-state index in [2.05, 4.69) is 6.07 Å². The summed E-state index contributed by atoms with van der Waals surface area (Å²) in [4.78, 5) is 0. The second-order valence-electron chi connectivity index (χ2n) is 4.32. The van der Waals surface area contributed by atoms with Gasteiger partial charge in [-0.15, -0.1) is 0 Å². The number of rotatable bonds is 7. The molecule has 0 spiro atoms. The highest BCUT2D eigenvalue weighted by molar-refractivity contribution is 6.32. The maximum Gasteiger partial charge on any atom is 0.141 e. The zero-order valence-corrected chi connectivity index (χ0v) is 12.1. The van der Waals surface area contributed by atoms with Crippen molar-refractivity contribution in [3.63, 3.8) is 0 Å². The molecule has 0 fully saturated rings. The lowest BCUT2D eigenvalue weighted by Gasteiger charge is -2.15. The molecule has 18 heavy (non-hydrogen) atoms. The molecule has 0 aliphatic rings. The van der Waals surface area contributed by atoms with Crippen molar-refractivity contribution in [1.82, 2.24) is 0 Å². The Hall–Kier alpha value is -0.770.